The number of hydrogen-bond acceptors (Lipinski definition) is 8. The van der Waals surface area contributed by atoms with E-state index in [0.717, 1.165) is 25.3 Å². The van der Waals surface area contributed by atoms with Crippen molar-refractivity contribution >= 4 is 31.6 Å². The molecule has 0 fully saturated rings. The number of methoxy groups -OCH3 is 2. The molecule has 4 aliphatic rings. The second-order valence-electron chi connectivity index (χ2n) is 8.00. The lowest BCUT2D eigenvalue weighted by atomic mass is 10.00. The first-order chi connectivity index (χ1) is 15.5. The minimum atomic E-state index is -3.68. The molecule has 10 heteroatoms. The average molecular weight is 495 g/mol. The summed E-state index contributed by atoms with van der Waals surface area (Å²) in [5.74, 6) is -2.90. The van der Waals surface area contributed by atoms with Crippen LogP contribution in [-0.2, 0) is 53.5 Å². The maximum Gasteiger partial charge on any atom is 0.338 e. The standard InChI is InChI=1S/C23H26O8S2/c1-30-22(24)20-13-19-15-33(28,29)11-9-17-7-5-16(6-8-17)4-3-10-32(26,27)14-18(20)12-21(19)23(25)31-2/h5-8,12-13H,3-4,9-11,14-15H2,1-2H3. The van der Waals surface area contributed by atoms with Gasteiger partial charge in [-0.2, -0.15) is 0 Å². The molecule has 0 atom stereocenters. The largest absolute Gasteiger partial charge is 0.465 e. The molecule has 2 aromatic carbocycles. The van der Waals surface area contributed by atoms with E-state index < -0.39 is 43.1 Å². The lowest BCUT2D eigenvalue weighted by Gasteiger charge is -2.15. The van der Waals surface area contributed by atoms with Gasteiger partial charge >= 0.3 is 11.9 Å². The zero-order valence-electron chi connectivity index (χ0n) is 18.5. The Labute approximate surface area is 193 Å². The van der Waals surface area contributed by atoms with Crippen LogP contribution in [0.4, 0.5) is 0 Å². The van der Waals surface area contributed by atoms with Gasteiger partial charge < -0.3 is 9.47 Å². The lowest BCUT2D eigenvalue weighted by Crippen LogP contribution is -2.19. The van der Waals surface area contributed by atoms with E-state index in [4.69, 9.17) is 9.47 Å². The molecule has 33 heavy (non-hydrogen) atoms. The third-order valence-electron chi connectivity index (χ3n) is 5.54. The van der Waals surface area contributed by atoms with E-state index in [1.165, 1.54) is 12.1 Å². The van der Waals surface area contributed by atoms with Crippen molar-refractivity contribution in [1.82, 2.24) is 0 Å². The molecule has 0 aliphatic carbocycles. The summed E-state index contributed by atoms with van der Waals surface area (Å²) >= 11 is 0. The van der Waals surface area contributed by atoms with Crippen LogP contribution < -0.4 is 0 Å². The van der Waals surface area contributed by atoms with Crippen molar-refractivity contribution in [2.75, 3.05) is 25.7 Å². The molecule has 4 heterocycles. The number of hydrogen-bond donors (Lipinski definition) is 0. The first-order valence-corrected chi connectivity index (χ1v) is 14.0. The number of carbonyl (C=O) groups is 2. The highest BCUT2D eigenvalue weighted by molar-refractivity contribution is 7.90. The third-order valence-corrected chi connectivity index (χ3v) is 8.77. The molecular formula is C23H26O8S2. The van der Waals surface area contributed by atoms with Crippen molar-refractivity contribution < 1.29 is 35.9 Å². The highest BCUT2D eigenvalue weighted by Gasteiger charge is 2.26. The minimum absolute atomic E-state index is 0.0584. The molecule has 0 unspecified atom stereocenters. The van der Waals surface area contributed by atoms with E-state index in [1.54, 1.807) is 0 Å². The van der Waals surface area contributed by atoms with Crippen LogP contribution in [0.2, 0.25) is 0 Å². The molecular weight excluding hydrogens is 468 g/mol. The number of sulfone groups is 2. The summed E-state index contributed by atoms with van der Waals surface area (Å²) < 4.78 is 61.0. The molecule has 0 N–H and O–H groups in total. The summed E-state index contributed by atoms with van der Waals surface area (Å²) in [5.41, 5.74) is 1.73. The number of ether oxygens (including phenoxy) is 2. The molecule has 178 valence electrons. The van der Waals surface area contributed by atoms with Gasteiger partial charge in [0.15, 0.2) is 19.7 Å². The van der Waals surface area contributed by atoms with Gasteiger partial charge in [0.05, 0.1) is 48.4 Å². The Bertz CT molecular complexity index is 1260. The summed E-state index contributed by atoms with van der Waals surface area (Å²) in [6.07, 6.45) is 1.20. The molecule has 4 bridgehead atoms. The zero-order valence-corrected chi connectivity index (χ0v) is 20.1. The van der Waals surface area contributed by atoms with E-state index in [1.807, 2.05) is 24.3 Å². The maximum absolute atomic E-state index is 12.9. The number of rotatable bonds is 2. The van der Waals surface area contributed by atoms with E-state index in [9.17, 15) is 26.4 Å². The normalized spacial score (nSPS) is 17.8. The van der Waals surface area contributed by atoms with Gasteiger partial charge in [0.25, 0.3) is 0 Å². The van der Waals surface area contributed by atoms with Gasteiger partial charge in [-0.3, -0.25) is 0 Å². The van der Waals surface area contributed by atoms with Crippen LogP contribution in [0, 0.1) is 0 Å². The summed E-state index contributed by atoms with van der Waals surface area (Å²) in [4.78, 5) is 24.8. The van der Waals surface area contributed by atoms with Crippen LogP contribution in [0.1, 0.15) is 49.4 Å². The fraction of sp³-hybridized carbons (Fsp3) is 0.391. The summed E-state index contributed by atoms with van der Waals surface area (Å²) in [6.45, 7) is 0. The van der Waals surface area contributed by atoms with Gasteiger partial charge in [0.2, 0.25) is 0 Å². The Kier molecular flexibility index (Phi) is 7.58. The van der Waals surface area contributed by atoms with Crippen LogP contribution in [0.15, 0.2) is 36.4 Å². The molecule has 0 aromatic heterocycles. The predicted octanol–water partition coefficient (Wildman–Crippen LogP) is 2.28. The SMILES string of the molecule is COC(=O)c1cc2c(C(=O)OC)cc1CS(=O)(=O)CCCc1ccc(cc1)CCS(=O)(=O)C2. The van der Waals surface area contributed by atoms with Crippen molar-refractivity contribution in [1.29, 1.82) is 0 Å². The van der Waals surface area contributed by atoms with E-state index in [-0.39, 0.29) is 40.2 Å². The Morgan fingerprint density at radius 1 is 0.697 bits per heavy atom. The van der Waals surface area contributed by atoms with Gasteiger partial charge in [0.1, 0.15) is 0 Å². The van der Waals surface area contributed by atoms with Gasteiger partial charge in [-0.25, -0.2) is 26.4 Å². The van der Waals surface area contributed by atoms with Crippen LogP contribution in [0.3, 0.4) is 0 Å². The monoisotopic (exact) mass is 494 g/mol. The van der Waals surface area contributed by atoms with Crippen molar-refractivity contribution in [2.24, 2.45) is 0 Å². The van der Waals surface area contributed by atoms with E-state index in [0.29, 0.717) is 12.8 Å². The Morgan fingerprint density at radius 3 is 1.58 bits per heavy atom. The van der Waals surface area contributed by atoms with Crippen molar-refractivity contribution in [3.63, 3.8) is 0 Å². The molecule has 6 rings (SSSR count). The molecule has 0 radical (unpaired) electrons. The van der Waals surface area contributed by atoms with Crippen molar-refractivity contribution in [2.45, 2.75) is 30.8 Å². The number of esters is 2. The predicted molar refractivity (Wildman–Crippen MR) is 123 cm³/mol. The third kappa shape index (κ3) is 6.42. The maximum atomic E-state index is 12.9. The Balaban J connectivity index is 2.16. The summed E-state index contributed by atoms with van der Waals surface area (Å²) in [7, 11) is -5.03. The highest BCUT2D eigenvalue weighted by Crippen LogP contribution is 2.25. The number of benzene rings is 2. The Hall–Kier alpha value is -2.72. The average Bonchev–Trinajstić information content (AvgIpc) is 2.77. The first kappa shape index (κ1) is 24.9. The lowest BCUT2D eigenvalue weighted by molar-refractivity contribution is 0.0585. The van der Waals surface area contributed by atoms with Gasteiger partial charge in [-0.05, 0) is 53.6 Å². The fourth-order valence-electron chi connectivity index (χ4n) is 3.79. The second kappa shape index (κ2) is 10.0. The van der Waals surface area contributed by atoms with Crippen LogP contribution in [0.25, 0.3) is 0 Å². The quantitative estimate of drug-likeness (QED) is 0.583. The molecule has 4 aliphatic heterocycles. The molecule has 8 nitrogen and oxygen atoms in total. The fourth-order valence-corrected chi connectivity index (χ4v) is 6.63. The zero-order chi connectivity index (χ0) is 24.2. The van der Waals surface area contributed by atoms with Crippen molar-refractivity contribution in [3.8, 4) is 0 Å². The smallest absolute Gasteiger partial charge is 0.338 e. The topological polar surface area (TPSA) is 121 Å². The molecule has 0 saturated heterocycles. The van der Waals surface area contributed by atoms with Crippen LogP contribution in [0.5, 0.6) is 0 Å². The number of aryl methyl sites for hydroxylation is 2. The molecule has 0 spiro atoms. The molecule has 0 amide bonds. The van der Waals surface area contributed by atoms with Crippen LogP contribution in [-0.4, -0.2) is 54.5 Å². The summed E-state index contributed by atoms with van der Waals surface area (Å²) in [6, 6.07) is 9.87. The van der Waals surface area contributed by atoms with Crippen LogP contribution >= 0.6 is 0 Å². The van der Waals surface area contributed by atoms with Gasteiger partial charge in [-0.1, -0.05) is 24.3 Å². The van der Waals surface area contributed by atoms with E-state index in [2.05, 4.69) is 0 Å². The summed E-state index contributed by atoms with van der Waals surface area (Å²) in [5, 5.41) is 0. The molecule has 0 saturated carbocycles. The second-order valence-corrected chi connectivity index (χ2v) is 12.4. The van der Waals surface area contributed by atoms with E-state index >= 15 is 0 Å². The number of carbonyl (C=O) groups excluding carboxylic acids is 2. The minimum Gasteiger partial charge on any atom is -0.465 e. The van der Waals surface area contributed by atoms with Gasteiger partial charge in [0, 0.05) is 0 Å². The first-order valence-electron chi connectivity index (χ1n) is 10.3. The highest BCUT2D eigenvalue weighted by atomic mass is 32.2. The Morgan fingerprint density at radius 2 is 1.12 bits per heavy atom. The van der Waals surface area contributed by atoms with Gasteiger partial charge in [-0.15, -0.1) is 0 Å². The molecule has 2 aromatic rings. The van der Waals surface area contributed by atoms with Crippen molar-refractivity contribution in [3.05, 3.63) is 69.8 Å².